The molecule has 0 radical (unpaired) electrons. The van der Waals surface area contributed by atoms with E-state index in [2.05, 4.69) is 10.5 Å². The number of amides is 1. The summed E-state index contributed by atoms with van der Waals surface area (Å²) in [5.74, 6) is -1.26. The average molecular weight is 452 g/mol. The third-order valence-electron chi connectivity index (χ3n) is 5.56. The topological polar surface area (TPSA) is 47.9 Å². The molecular formula is C25H23F3N4O. The summed E-state index contributed by atoms with van der Waals surface area (Å²) in [7, 11) is 0. The summed E-state index contributed by atoms with van der Waals surface area (Å²) in [6.45, 7) is 3.62. The number of rotatable bonds is 5. The zero-order valence-corrected chi connectivity index (χ0v) is 18.1. The molecule has 0 saturated carbocycles. The Hall–Kier alpha value is -3.81. The van der Waals surface area contributed by atoms with Gasteiger partial charge in [-0.1, -0.05) is 6.07 Å². The second kappa shape index (κ2) is 9.77. The minimum Gasteiger partial charge on any atom is -0.366 e. The highest BCUT2D eigenvalue weighted by Crippen LogP contribution is 2.23. The van der Waals surface area contributed by atoms with Crippen molar-refractivity contribution < 1.29 is 18.0 Å². The Kier molecular flexibility index (Phi) is 6.63. The second-order valence-corrected chi connectivity index (χ2v) is 7.77. The van der Waals surface area contributed by atoms with Gasteiger partial charge in [0.15, 0.2) is 0 Å². The van der Waals surface area contributed by atoms with Crippen molar-refractivity contribution in [2.45, 2.75) is 6.92 Å². The third-order valence-corrected chi connectivity index (χ3v) is 5.56. The third kappa shape index (κ3) is 5.34. The Labute approximate surface area is 190 Å². The number of nitrogens with zero attached hydrogens (tertiary/aromatic N) is 3. The van der Waals surface area contributed by atoms with Crippen molar-refractivity contribution in [3.8, 4) is 0 Å². The first-order valence-electron chi connectivity index (χ1n) is 10.6. The van der Waals surface area contributed by atoms with Crippen LogP contribution in [0.5, 0.6) is 0 Å². The van der Waals surface area contributed by atoms with Gasteiger partial charge < -0.3 is 9.80 Å². The summed E-state index contributed by atoms with van der Waals surface area (Å²) >= 11 is 0. The van der Waals surface area contributed by atoms with E-state index in [-0.39, 0.29) is 23.4 Å². The zero-order chi connectivity index (χ0) is 23.4. The summed E-state index contributed by atoms with van der Waals surface area (Å²) in [4.78, 5) is 16.2. The molecule has 0 aromatic heterocycles. The molecule has 1 heterocycles. The predicted octanol–water partition coefficient (Wildman–Crippen LogP) is 4.90. The maximum atomic E-state index is 14.9. The molecule has 1 amide bonds. The largest absolute Gasteiger partial charge is 0.366 e. The Morgan fingerprint density at radius 1 is 0.818 bits per heavy atom. The van der Waals surface area contributed by atoms with E-state index in [0.717, 1.165) is 0 Å². The van der Waals surface area contributed by atoms with E-state index in [9.17, 15) is 18.0 Å². The Balaban J connectivity index is 1.38. The normalized spacial score (nSPS) is 14.4. The number of benzene rings is 3. The molecule has 170 valence electrons. The van der Waals surface area contributed by atoms with Crippen LogP contribution in [0.15, 0.2) is 71.8 Å². The molecular weight excluding hydrogens is 429 g/mol. The van der Waals surface area contributed by atoms with E-state index in [0.29, 0.717) is 54.4 Å². The van der Waals surface area contributed by atoms with Crippen LogP contribution in [-0.4, -0.2) is 42.7 Å². The molecule has 33 heavy (non-hydrogen) atoms. The van der Waals surface area contributed by atoms with Gasteiger partial charge in [-0.3, -0.25) is 10.2 Å². The molecule has 3 aromatic carbocycles. The average Bonchev–Trinajstić information content (AvgIpc) is 2.83. The smallest absolute Gasteiger partial charge is 0.253 e. The molecule has 1 fully saturated rings. The van der Waals surface area contributed by atoms with Crippen molar-refractivity contribution in [2.75, 3.05) is 36.5 Å². The summed E-state index contributed by atoms with van der Waals surface area (Å²) < 4.78 is 41.0. The number of hydrazone groups is 1. The lowest BCUT2D eigenvalue weighted by molar-refractivity contribution is 0.0746. The SMILES string of the molecule is C/C(=N/Nc1ccc(F)cc1)c1ccc(N2CCN(C(=O)c3ccc(F)cc3)CC2)c(F)c1. The van der Waals surface area contributed by atoms with Crippen molar-refractivity contribution in [1.29, 1.82) is 0 Å². The van der Waals surface area contributed by atoms with E-state index < -0.39 is 0 Å². The lowest BCUT2D eigenvalue weighted by Gasteiger charge is -2.36. The Morgan fingerprint density at radius 2 is 1.39 bits per heavy atom. The summed E-state index contributed by atoms with van der Waals surface area (Å²) in [6, 6.07) is 16.2. The van der Waals surface area contributed by atoms with Gasteiger partial charge >= 0.3 is 0 Å². The highest BCUT2D eigenvalue weighted by atomic mass is 19.1. The molecule has 0 atom stereocenters. The van der Waals surface area contributed by atoms with Crippen LogP contribution < -0.4 is 10.3 Å². The first kappa shape index (κ1) is 22.4. The number of carbonyl (C=O) groups is 1. The van der Waals surface area contributed by atoms with E-state index >= 15 is 0 Å². The molecule has 4 rings (SSSR count). The van der Waals surface area contributed by atoms with E-state index in [4.69, 9.17) is 0 Å². The Bertz CT molecular complexity index is 1160. The van der Waals surface area contributed by atoms with Gasteiger partial charge in [-0.25, -0.2) is 13.2 Å². The first-order valence-corrected chi connectivity index (χ1v) is 10.6. The highest BCUT2D eigenvalue weighted by Gasteiger charge is 2.24. The maximum Gasteiger partial charge on any atom is 0.253 e. The van der Waals surface area contributed by atoms with Crippen molar-refractivity contribution in [1.82, 2.24) is 4.90 Å². The van der Waals surface area contributed by atoms with Crippen LogP contribution in [0.1, 0.15) is 22.8 Å². The lowest BCUT2D eigenvalue weighted by atomic mass is 10.1. The number of hydrogen-bond acceptors (Lipinski definition) is 4. The van der Waals surface area contributed by atoms with Gasteiger partial charge in [0.25, 0.3) is 5.91 Å². The van der Waals surface area contributed by atoms with Gasteiger partial charge in [0, 0.05) is 37.3 Å². The van der Waals surface area contributed by atoms with Crippen molar-refractivity contribution in [2.24, 2.45) is 5.10 Å². The van der Waals surface area contributed by atoms with Gasteiger partial charge in [-0.05, 0) is 67.6 Å². The maximum absolute atomic E-state index is 14.9. The molecule has 0 spiro atoms. The number of hydrogen-bond donors (Lipinski definition) is 1. The first-order chi connectivity index (χ1) is 15.9. The minimum atomic E-state index is -0.387. The molecule has 5 nitrogen and oxygen atoms in total. The second-order valence-electron chi connectivity index (χ2n) is 7.77. The summed E-state index contributed by atoms with van der Waals surface area (Å²) in [5, 5.41) is 4.24. The molecule has 0 aliphatic carbocycles. The molecule has 8 heteroatoms. The van der Waals surface area contributed by atoms with Gasteiger partial charge in [-0.2, -0.15) is 5.10 Å². The molecule has 1 aliphatic rings. The van der Waals surface area contributed by atoms with E-state index in [1.165, 1.54) is 42.5 Å². The molecule has 1 saturated heterocycles. The van der Waals surface area contributed by atoms with E-state index in [1.807, 2.05) is 4.90 Å². The molecule has 0 unspecified atom stereocenters. The van der Waals surface area contributed by atoms with Crippen LogP contribution in [0.2, 0.25) is 0 Å². The van der Waals surface area contributed by atoms with Crippen LogP contribution in [0, 0.1) is 17.5 Å². The summed E-state index contributed by atoms with van der Waals surface area (Å²) in [6.07, 6.45) is 0. The van der Waals surface area contributed by atoms with Gasteiger partial charge in [0.2, 0.25) is 0 Å². The van der Waals surface area contributed by atoms with Crippen molar-refractivity contribution in [3.05, 3.63) is 95.3 Å². The zero-order valence-electron chi connectivity index (χ0n) is 18.1. The fourth-order valence-corrected chi connectivity index (χ4v) is 3.65. The highest BCUT2D eigenvalue weighted by molar-refractivity contribution is 5.99. The number of carbonyl (C=O) groups excluding carboxylic acids is 1. The number of anilines is 2. The fourth-order valence-electron chi connectivity index (χ4n) is 3.65. The standard InChI is InChI=1S/C25H23F3N4O/c1-17(29-30-22-9-7-21(27)8-10-22)19-4-11-24(23(28)16-19)31-12-14-32(15-13-31)25(33)18-2-5-20(26)6-3-18/h2-11,16,30H,12-15H2,1H3/b29-17-. The Morgan fingerprint density at radius 3 is 2.00 bits per heavy atom. The van der Waals surface area contributed by atoms with Crippen LogP contribution in [-0.2, 0) is 0 Å². The number of nitrogens with one attached hydrogen (secondary N) is 1. The quantitative estimate of drug-likeness (QED) is 0.442. The minimum absolute atomic E-state index is 0.161. The van der Waals surface area contributed by atoms with Gasteiger partial charge in [-0.15, -0.1) is 0 Å². The van der Waals surface area contributed by atoms with Crippen LogP contribution in [0.3, 0.4) is 0 Å². The van der Waals surface area contributed by atoms with Gasteiger partial charge in [0.1, 0.15) is 17.5 Å². The van der Waals surface area contributed by atoms with Crippen molar-refractivity contribution >= 4 is 23.0 Å². The molecule has 0 bridgehead atoms. The molecule has 1 aliphatic heterocycles. The lowest BCUT2D eigenvalue weighted by Crippen LogP contribution is -2.49. The monoisotopic (exact) mass is 452 g/mol. The predicted molar refractivity (Wildman–Crippen MR) is 123 cm³/mol. The number of piperazine rings is 1. The van der Waals surface area contributed by atoms with Crippen molar-refractivity contribution in [3.63, 3.8) is 0 Å². The molecule has 3 aromatic rings. The number of halogens is 3. The van der Waals surface area contributed by atoms with Crippen LogP contribution in [0.4, 0.5) is 24.5 Å². The fraction of sp³-hybridized carbons (Fsp3) is 0.200. The van der Waals surface area contributed by atoms with E-state index in [1.54, 1.807) is 36.1 Å². The molecule has 1 N–H and O–H groups in total. The van der Waals surface area contributed by atoms with Crippen LogP contribution >= 0.6 is 0 Å². The summed E-state index contributed by atoms with van der Waals surface area (Å²) in [5.41, 5.74) is 5.56. The van der Waals surface area contributed by atoms with Crippen LogP contribution in [0.25, 0.3) is 0 Å². The van der Waals surface area contributed by atoms with Gasteiger partial charge in [0.05, 0.1) is 17.1 Å².